The molecule has 1 atom stereocenters. The van der Waals surface area contributed by atoms with Crippen LogP contribution in [-0.2, 0) is 4.79 Å². The van der Waals surface area contributed by atoms with Gasteiger partial charge in [0.2, 0.25) is 0 Å². The number of H-pyrrole nitrogens is 1. The van der Waals surface area contributed by atoms with Gasteiger partial charge >= 0.3 is 0 Å². The van der Waals surface area contributed by atoms with Crippen molar-refractivity contribution in [1.29, 1.82) is 0 Å². The average molecular weight is 273 g/mol. The molecular weight excluding hydrogens is 254 g/mol. The van der Waals surface area contributed by atoms with Gasteiger partial charge < -0.3 is 10.4 Å². The normalized spacial score (nSPS) is 18.1. The number of aromatic amines is 1. The monoisotopic (exact) mass is 273 g/mol. The van der Waals surface area contributed by atoms with E-state index in [-0.39, 0.29) is 11.8 Å². The predicted molar refractivity (Wildman–Crippen MR) is 77.3 cm³/mol. The van der Waals surface area contributed by atoms with Gasteiger partial charge in [-0.15, -0.1) is 0 Å². The molecule has 0 bridgehead atoms. The molecule has 3 N–H and O–H groups in total. The summed E-state index contributed by atoms with van der Waals surface area (Å²) in [6, 6.07) is 5.54. The number of hydrogen-bond acceptors (Lipinski definition) is 3. The molecule has 0 saturated heterocycles. The highest BCUT2D eigenvalue weighted by atomic mass is 16.3. The molecule has 1 aromatic heterocycles. The highest BCUT2D eigenvalue weighted by Crippen LogP contribution is 2.27. The summed E-state index contributed by atoms with van der Waals surface area (Å²) in [4.78, 5) is 12.1. The summed E-state index contributed by atoms with van der Waals surface area (Å²) in [7, 11) is 0. The second-order valence-corrected chi connectivity index (χ2v) is 5.50. The first-order valence-corrected chi connectivity index (χ1v) is 7.16. The van der Waals surface area contributed by atoms with Gasteiger partial charge in [-0.2, -0.15) is 5.10 Å². The topological polar surface area (TPSA) is 78.0 Å². The van der Waals surface area contributed by atoms with Gasteiger partial charge in [0, 0.05) is 11.1 Å². The molecule has 1 aliphatic carbocycles. The Hall–Kier alpha value is -1.88. The first-order valence-electron chi connectivity index (χ1n) is 7.16. The van der Waals surface area contributed by atoms with E-state index < -0.39 is 6.10 Å². The number of benzene rings is 1. The molecule has 5 nitrogen and oxygen atoms in total. The Morgan fingerprint density at radius 1 is 1.35 bits per heavy atom. The standard InChI is InChI=1S/C15H19N3O2/c19-14(10-4-2-1-3-5-10)15(20)17-12-7-6-11-9-16-18-13(11)8-12/h6-10,14,19H,1-5H2,(H,16,18)(H,17,20). The minimum absolute atomic E-state index is 0.0969. The number of aliphatic hydroxyl groups is 1. The second kappa shape index (κ2) is 5.63. The Balaban J connectivity index is 1.67. The molecule has 1 heterocycles. The molecule has 0 radical (unpaired) electrons. The van der Waals surface area contributed by atoms with Crippen LogP contribution in [0.5, 0.6) is 0 Å². The highest BCUT2D eigenvalue weighted by molar-refractivity contribution is 5.96. The Kier molecular flexibility index (Phi) is 3.69. The van der Waals surface area contributed by atoms with Crippen molar-refractivity contribution in [3.63, 3.8) is 0 Å². The lowest BCUT2D eigenvalue weighted by molar-refractivity contribution is -0.127. The summed E-state index contributed by atoms with van der Waals surface area (Å²) in [6.07, 6.45) is 6.12. The van der Waals surface area contributed by atoms with Gasteiger partial charge in [0.05, 0.1) is 11.7 Å². The first kappa shape index (κ1) is 13.1. The second-order valence-electron chi connectivity index (χ2n) is 5.50. The predicted octanol–water partition coefficient (Wildman–Crippen LogP) is 2.44. The number of nitrogens with zero attached hydrogens (tertiary/aromatic N) is 1. The maximum absolute atomic E-state index is 12.1. The van der Waals surface area contributed by atoms with Crippen LogP contribution in [0.4, 0.5) is 5.69 Å². The SMILES string of the molecule is O=C(Nc1ccc2cn[nH]c2c1)C(O)C1CCCCC1. The van der Waals surface area contributed by atoms with Gasteiger partial charge in [-0.1, -0.05) is 19.3 Å². The molecule has 2 aromatic rings. The fourth-order valence-corrected chi connectivity index (χ4v) is 2.89. The quantitative estimate of drug-likeness (QED) is 0.803. The Bertz CT molecular complexity index is 602. The average Bonchev–Trinajstić information content (AvgIpc) is 2.95. The van der Waals surface area contributed by atoms with E-state index in [1.807, 2.05) is 18.2 Å². The van der Waals surface area contributed by atoms with Crippen molar-refractivity contribution in [3.05, 3.63) is 24.4 Å². The molecule has 1 aromatic carbocycles. The van der Waals surface area contributed by atoms with Crippen molar-refractivity contribution in [1.82, 2.24) is 10.2 Å². The molecule has 106 valence electrons. The van der Waals surface area contributed by atoms with Gasteiger partial charge in [0.25, 0.3) is 5.91 Å². The van der Waals surface area contributed by atoms with Crippen LogP contribution in [0.25, 0.3) is 10.9 Å². The highest BCUT2D eigenvalue weighted by Gasteiger charge is 2.27. The number of aliphatic hydroxyl groups excluding tert-OH is 1. The summed E-state index contributed by atoms with van der Waals surface area (Å²) in [5, 5.41) is 20.7. The number of amides is 1. The van der Waals surface area contributed by atoms with E-state index in [1.54, 1.807) is 6.20 Å². The van der Waals surface area contributed by atoms with Crippen LogP contribution in [0.15, 0.2) is 24.4 Å². The lowest BCUT2D eigenvalue weighted by Gasteiger charge is -2.25. The first-order chi connectivity index (χ1) is 9.74. The van der Waals surface area contributed by atoms with Crippen LogP contribution in [-0.4, -0.2) is 27.3 Å². The molecule has 1 unspecified atom stereocenters. The van der Waals surface area contributed by atoms with E-state index in [1.165, 1.54) is 6.42 Å². The molecule has 3 rings (SSSR count). The third-order valence-electron chi connectivity index (χ3n) is 4.07. The summed E-state index contributed by atoms with van der Waals surface area (Å²) in [5.74, 6) is -0.213. The minimum Gasteiger partial charge on any atom is -0.383 e. The third-order valence-corrected chi connectivity index (χ3v) is 4.07. The number of aromatic nitrogens is 2. The van der Waals surface area contributed by atoms with Crippen molar-refractivity contribution in [2.75, 3.05) is 5.32 Å². The molecule has 0 aliphatic heterocycles. The largest absolute Gasteiger partial charge is 0.383 e. The zero-order valence-corrected chi connectivity index (χ0v) is 11.3. The number of fused-ring (bicyclic) bond motifs is 1. The molecule has 1 amide bonds. The summed E-state index contributed by atoms with van der Waals surface area (Å²) < 4.78 is 0. The van der Waals surface area contributed by atoms with E-state index in [9.17, 15) is 9.90 Å². The molecule has 1 fully saturated rings. The zero-order chi connectivity index (χ0) is 13.9. The van der Waals surface area contributed by atoms with E-state index in [0.717, 1.165) is 36.6 Å². The van der Waals surface area contributed by atoms with Crippen molar-refractivity contribution in [3.8, 4) is 0 Å². The van der Waals surface area contributed by atoms with E-state index in [4.69, 9.17) is 0 Å². The van der Waals surface area contributed by atoms with Gasteiger partial charge in [-0.25, -0.2) is 0 Å². The van der Waals surface area contributed by atoms with Gasteiger partial charge in [-0.05, 0) is 37.0 Å². The number of carbonyl (C=O) groups is 1. The van der Waals surface area contributed by atoms with Gasteiger partial charge in [-0.3, -0.25) is 9.89 Å². The van der Waals surface area contributed by atoms with Crippen LogP contribution in [0.2, 0.25) is 0 Å². The van der Waals surface area contributed by atoms with E-state index in [0.29, 0.717) is 5.69 Å². The van der Waals surface area contributed by atoms with E-state index in [2.05, 4.69) is 15.5 Å². The van der Waals surface area contributed by atoms with Crippen LogP contribution in [0, 0.1) is 5.92 Å². The minimum atomic E-state index is -0.909. The smallest absolute Gasteiger partial charge is 0.253 e. The summed E-state index contributed by atoms with van der Waals surface area (Å²) in [5.41, 5.74) is 1.55. The molecule has 1 aliphatic rings. The lowest BCUT2D eigenvalue weighted by atomic mass is 9.85. The maximum Gasteiger partial charge on any atom is 0.253 e. The Morgan fingerprint density at radius 3 is 2.95 bits per heavy atom. The lowest BCUT2D eigenvalue weighted by Crippen LogP contribution is -2.35. The van der Waals surface area contributed by atoms with Crippen molar-refractivity contribution >= 4 is 22.5 Å². The number of rotatable bonds is 3. The number of carbonyl (C=O) groups excluding carboxylic acids is 1. The summed E-state index contributed by atoms with van der Waals surface area (Å²) in [6.45, 7) is 0. The van der Waals surface area contributed by atoms with Crippen molar-refractivity contribution in [2.24, 2.45) is 5.92 Å². The number of nitrogens with one attached hydrogen (secondary N) is 2. The number of anilines is 1. The van der Waals surface area contributed by atoms with Gasteiger partial charge in [0.1, 0.15) is 6.10 Å². The maximum atomic E-state index is 12.1. The third kappa shape index (κ3) is 2.67. The molecule has 5 heteroatoms. The molecule has 0 spiro atoms. The Morgan fingerprint density at radius 2 is 2.15 bits per heavy atom. The van der Waals surface area contributed by atoms with Gasteiger partial charge in [0.15, 0.2) is 0 Å². The fraction of sp³-hybridized carbons (Fsp3) is 0.467. The molecule has 20 heavy (non-hydrogen) atoms. The van der Waals surface area contributed by atoms with Crippen LogP contribution >= 0.6 is 0 Å². The fourth-order valence-electron chi connectivity index (χ4n) is 2.89. The number of hydrogen-bond donors (Lipinski definition) is 3. The summed E-state index contributed by atoms with van der Waals surface area (Å²) >= 11 is 0. The zero-order valence-electron chi connectivity index (χ0n) is 11.3. The van der Waals surface area contributed by atoms with Crippen molar-refractivity contribution < 1.29 is 9.90 Å². The van der Waals surface area contributed by atoms with Crippen LogP contribution < -0.4 is 5.32 Å². The molecule has 1 saturated carbocycles. The van der Waals surface area contributed by atoms with E-state index >= 15 is 0 Å². The van der Waals surface area contributed by atoms with Crippen LogP contribution in [0.1, 0.15) is 32.1 Å². The van der Waals surface area contributed by atoms with Crippen LogP contribution in [0.3, 0.4) is 0 Å². The van der Waals surface area contributed by atoms with Crippen molar-refractivity contribution in [2.45, 2.75) is 38.2 Å². The molecular formula is C15H19N3O2. The Labute approximate surface area is 117 Å².